The molecule has 0 spiro atoms. The van der Waals surface area contributed by atoms with Gasteiger partial charge in [-0.3, -0.25) is 0 Å². The van der Waals surface area contributed by atoms with Gasteiger partial charge in [-0.15, -0.1) is 0 Å². The van der Waals surface area contributed by atoms with E-state index in [9.17, 15) is 0 Å². The average Bonchev–Trinajstić information content (AvgIpc) is 2.23. The molecule has 0 rings (SSSR count). The number of rotatable bonds is 8. The van der Waals surface area contributed by atoms with E-state index in [4.69, 9.17) is 0 Å². The summed E-state index contributed by atoms with van der Waals surface area (Å²) in [6, 6.07) is 0. The van der Waals surface area contributed by atoms with Gasteiger partial charge in [0.1, 0.15) is 0 Å². The topological polar surface area (TPSA) is 0 Å². The van der Waals surface area contributed by atoms with E-state index < -0.39 is 0 Å². The molecule has 0 heterocycles. The van der Waals surface area contributed by atoms with E-state index in [1.165, 1.54) is 31.3 Å². The van der Waals surface area contributed by atoms with Crippen LogP contribution in [0.3, 0.4) is 0 Å². The summed E-state index contributed by atoms with van der Waals surface area (Å²) in [5, 5.41) is 0. The highest BCUT2D eigenvalue weighted by atomic mass is 14.1. The Morgan fingerprint density at radius 3 is 2.38 bits per heavy atom. The van der Waals surface area contributed by atoms with Crippen LogP contribution in [0.4, 0.5) is 0 Å². The van der Waals surface area contributed by atoms with E-state index >= 15 is 0 Å². The standard InChI is InChI=1S/C16H30/c1-7-14(4)12-15(5)10-8-9-11-16(6)13(2)3/h8,10,14-16H,2,7,9,11-12H2,1,3-6H3. The smallest absolute Gasteiger partial charge is 0.0234 e. The lowest BCUT2D eigenvalue weighted by atomic mass is 9.94. The van der Waals surface area contributed by atoms with Crippen molar-refractivity contribution in [1.82, 2.24) is 0 Å². The summed E-state index contributed by atoms with van der Waals surface area (Å²) in [5.74, 6) is 2.25. The first-order valence-electron chi connectivity index (χ1n) is 6.79. The molecule has 0 aromatic carbocycles. The van der Waals surface area contributed by atoms with E-state index in [2.05, 4.69) is 53.3 Å². The van der Waals surface area contributed by atoms with Crippen LogP contribution in [0.2, 0.25) is 0 Å². The molecule has 0 aromatic rings. The van der Waals surface area contributed by atoms with Crippen molar-refractivity contribution in [3.63, 3.8) is 0 Å². The normalized spacial score (nSPS) is 17.3. The Morgan fingerprint density at radius 2 is 1.88 bits per heavy atom. The van der Waals surface area contributed by atoms with Gasteiger partial charge >= 0.3 is 0 Å². The second kappa shape index (κ2) is 8.61. The van der Waals surface area contributed by atoms with Gasteiger partial charge in [-0.05, 0) is 43.9 Å². The molecule has 0 amide bonds. The largest absolute Gasteiger partial charge is 0.0999 e. The summed E-state index contributed by atoms with van der Waals surface area (Å²) in [5.41, 5.74) is 1.31. The maximum Gasteiger partial charge on any atom is -0.0234 e. The van der Waals surface area contributed by atoms with Crippen LogP contribution in [0, 0.1) is 17.8 Å². The molecule has 0 nitrogen and oxygen atoms in total. The average molecular weight is 222 g/mol. The molecule has 0 bridgehead atoms. The minimum atomic E-state index is 0.662. The Morgan fingerprint density at radius 1 is 1.25 bits per heavy atom. The van der Waals surface area contributed by atoms with Gasteiger partial charge in [-0.1, -0.05) is 58.4 Å². The van der Waals surface area contributed by atoms with Crippen LogP contribution in [0.25, 0.3) is 0 Å². The molecule has 0 aromatic heterocycles. The molecular weight excluding hydrogens is 192 g/mol. The zero-order valence-corrected chi connectivity index (χ0v) is 11.9. The zero-order valence-electron chi connectivity index (χ0n) is 11.9. The summed E-state index contributed by atoms with van der Waals surface area (Å²) in [7, 11) is 0. The van der Waals surface area contributed by atoms with Crippen molar-refractivity contribution >= 4 is 0 Å². The van der Waals surface area contributed by atoms with Gasteiger partial charge in [0.25, 0.3) is 0 Å². The quantitative estimate of drug-likeness (QED) is 0.468. The Bertz CT molecular complexity index is 212. The summed E-state index contributed by atoms with van der Waals surface area (Å²) in [4.78, 5) is 0. The Hall–Kier alpha value is -0.520. The van der Waals surface area contributed by atoms with Gasteiger partial charge in [-0.25, -0.2) is 0 Å². The van der Waals surface area contributed by atoms with Crippen LogP contribution in [-0.4, -0.2) is 0 Å². The van der Waals surface area contributed by atoms with Gasteiger partial charge in [0.05, 0.1) is 0 Å². The predicted molar refractivity (Wildman–Crippen MR) is 75.6 cm³/mol. The molecule has 0 aliphatic rings. The number of allylic oxidation sites excluding steroid dienone is 3. The summed E-state index contributed by atoms with van der Waals surface area (Å²) in [6.07, 6.45) is 9.79. The Kier molecular flexibility index (Phi) is 8.33. The molecule has 94 valence electrons. The minimum Gasteiger partial charge on any atom is -0.0999 e. The van der Waals surface area contributed by atoms with Gasteiger partial charge in [-0.2, -0.15) is 0 Å². The molecule has 0 saturated carbocycles. The van der Waals surface area contributed by atoms with Crippen LogP contribution in [0.15, 0.2) is 24.3 Å². The lowest BCUT2D eigenvalue weighted by Crippen LogP contribution is -1.99. The fourth-order valence-electron chi connectivity index (χ4n) is 1.80. The third-order valence-corrected chi connectivity index (χ3v) is 3.54. The van der Waals surface area contributed by atoms with Crippen molar-refractivity contribution in [2.75, 3.05) is 0 Å². The van der Waals surface area contributed by atoms with E-state index in [1.54, 1.807) is 0 Å². The maximum atomic E-state index is 4.00. The highest BCUT2D eigenvalue weighted by Gasteiger charge is 2.04. The van der Waals surface area contributed by atoms with Crippen LogP contribution in [0.1, 0.15) is 60.3 Å². The molecular formula is C16H30. The zero-order chi connectivity index (χ0) is 12.6. The van der Waals surface area contributed by atoms with Gasteiger partial charge in [0.2, 0.25) is 0 Å². The highest BCUT2D eigenvalue weighted by molar-refractivity contribution is 4.95. The number of hydrogen-bond acceptors (Lipinski definition) is 0. The van der Waals surface area contributed by atoms with Crippen LogP contribution < -0.4 is 0 Å². The summed E-state index contributed by atoms with van der Waals surface area (Å²) >= 11 is 0. The molecule has 0 radical (unpaired) electrons. The Labute approximate surface area is 103 Å². The monoisotopic (exact) mass is 222 g/mol. The minimum absolute atomic E-state index is 0.662. The first-order valence-corrected chi connectivity index (χ1v) is 6.79. The fourth-order valence-corrected chi connectivity index (χ4v) is 1.80. The lowest BCUT2D eigenvalue weighted by molar-refractivity contribution is 0.454. The molecule has 0 aliphatic heterocycles. The van der Waals surface area contributed by atoms with Crippen molar-refractivity contribution in [3.05, 3.63) is 24.3 Å². The second-order valence-electron chi connectivity index (χ2n) is 5.48. The molecule has 0 heteroatoms. The maximum absolute atomic E-state index is 4.00. The van der Waals surface area contributed by atoms with Crippen molar-refractivity contribution in [1.29, 1.82) is 0 Å². The molecule has 0 N–H and O–H groups in total. The SMILES string of the molecule is C=C(C)C(C)CCC=CC(C)CC(C)CC. The molecule has 0 aliphatic carbocycles. The predicted octanol–water partition coefficient (Wildman–Crippen LogP) is 5.61. The highest BCUT2D eigenvalue weighted by Crippen LogP contribution is 2.17. The summed E-state index contributed by atoms with van der Waals surface area (Å²) in [6.45, 7) is 15.3. The molecule has 16 heavy (non-hydrogen) atoms. The van der Waals surface area contributed by atoms with E-state index in [1.807, 2.05) is 0 Å². The number of hydrogen-bond donors (Lipinski definition) is 0. The van der Waals surface area contributed by atoms with Gasteiger partial charge in [0.15, 0.2) is 0 Å². The molecule has 0 saturated heterocycles. The van der Waals surface area contributed by atoms with Gasteiger partial charge < -0.3 is 0 Å². The van der Waals surface area contributed by atoms with Crippen molar-refractivity contribution in [2.24, 2.45) is 17.8 Å². The molecule has 3 atom stereocenters. The lowest BCUT2D eigenvalue weighted by Gasteiger charge is -2.12. The van der Waals surface area contributed by atoms with Gasteiger partial charge in [0, 0.05) is 0 Å². The van der Waals surface area contributed by atoms with Crippen LogP contribution in [0.5, 0.6) is 0 Å². The first-order chi connectivity index (χ1) is 7.47. The van der Waals surface area contributed by atoms with E-state index in [0.29, 0.717) is 5.92 Å². The first kappa shape index (κ1) is 15.5. The summed E-state index contributed by atoms with van der Waals surface area (Å²) < 4.78 is 0. The molecule has 0 fully saturated rings. The van der Waals surface area contributed by atoms with E-state index in [-0.39, 0.29) is 0 Å². The fraction of sp³-hybridized carbons (Fsp3) is 0.750. The van der Waals surface area contributed by atoms with Crippen molar-refractivity contribution in [3.8, 4) is 0 Å². The van der Waals surface area contributed by atoms with Crippen LogP contribution in [-0.2, 0) is 0 Å². The van der Waals surface area contributed by atoms with Crippen molar-refractivity contribution in [2.45, 2.75) is 60.3 Å². The second-order valence-corrected chi connectivity index (χ2v) is 5.48. The van der Waals surface area contributed by atoms with Crippen molar-refractivity contribution < 1.29 is 0 Å². The third kappa shape index (κ3) is 7.73. The Balaban J connectivity index is 3.71. The van der Waals surface area contributed by atoms with E-state index in [0.717, 1.165) is 11.8 Å². The molecule has 3 unspecified atom stereocenters. The third-order valence-electron chi connectivity index (χ3n) is 3.54. The van der Waals surface area contributed by atoms with Crippen LogP contribution >= 0.6 is 0 Å².